The molecule has 1 saturated heterocycles. The Morgan fingerprint density at radius 1 is 1.00 bits per heavy atom. The Balaban J connectivity index is 0.00000552. The first-order chi connectivity index (χ1) is 21.0. The molecule has 2 heterocycles. The van der Waals surface area contributed by atoms with Gasteiger partial charge in [0, 0.05) is 25.6 Å². The van der Waals surface area contributed by atoms with Crippen LogP contribution in [0.5, 0.6) is 5.75 Å². The number of ether oxygens (including phenoxy) is 2. The number of aliphatic hydroxyl groups is 3. The minimum absolute atomic E-state index is 0. The molecule has 1 aromatic heterocycles. The van der Waals surface area contributed by atoms with Gasteiger partial charge in [0.1, 0.15) is 24.4 Å². The first-order valence-electron chi connectivity index (χ1n) is 13.6. The molecule has 0 aliphatic carbocycles. The Kier molecular flexibility index (Phi) is 13.6. The van der Waals surface area contributed by atoms with Crippen LogP contribution in [0.25, 0.3) is 17.1 Å². The van der Waals surface area contributed by atoms with Crippen LogP contribution in [0.1, 0.15) is 31.2 Å². The van der Waals surface area contributed by atoms with Crippen LogP contribution in [-0.2, 0) is 19.1 Å². The number of carbonyl (C=O) groups excluding carboxylic acids is 1. The van der Waals surface area contributed by atoms with Crippen LogP contribution >= 0.6 is 0 Å². The molecule has 3 aromatic rings. The number of rotatable bonds is 14. The molecule has 236 valence electrons. The van der Waals surface area contributed by atoms with E-state index < -0.39 is 42.4 Å². The van der Waals surface area contributed by atoms with Crippen molar-refractivity contribution in [1.29, 1.82) is 0 Å². The largest absolute Gasteiger partial charge is 1.00 e. The summed E-state index contributed by atoms with van der Waals surface area (Å²) in [7, 11) is 0. The number of anilines is 1. The average Bonchev–Trinajstić information content (AvgIpc) is 3.49. The molecule has 4 rings (SSSR count). The van der Waals surface area contributed by atoms with Gasteiger partial charge in [0.05, 0.1) is 10.6 Å². The number of unbranched alkanes of at least 4 members (excludes halogenated alkanes) is 2. The smallest absolute Gasteiger partial charge is 0.872 e. The molecule has 1 aliphatic heterocycles. The molecular formula is C27H31KN5O12+. The number of hydrogen-bond donors (Lipinski definition) is 7. The SMILES string of the molecule is O=C(CCCCCNc1ccc([N+](=O)O)c2nonc12)NC[C@H]1O[C@@H](O/C(=C\c2ccc([O-])cc2)C(=O)O)[C@H](O)[C@@H](O)[C@H]1O.[K+]. The van der Waals surface area contributed by atoms with E-state index in [1.807, 2.05) is 0 Å². The molecule has 1 amide bonds. The van der Waals surface area contributed by atoms with E-state index >= 15 is 0 Å². The number of carboxylic acid groups (broad SMARTS) is 1. The summed E-state index contributed by atoms with van der Waals surface area (Å²) in [5.41, 5.74) is 1.14. The summed E-state index contributed by atoms with van der Waals surface area (Å²) in [6, 6.07) is 8.11. The van der Waals surface area contributed by atoms with E-state index in [1.165, 1.54) is 30.3 Å². The first kappa shape index (κ1) is 36.3. The second-order valence-electron chi connectivity index (χ2n) is 9.92. The topological polar surface area (TPSA) is 260 Å². The molecule has 7 N–H and O–H groups in total. The molecule has 5 atom stereocenters. The third-order valence-corrected chi connectivity index (χ3v) is 6.80. The normalized spacial score (nSPS) is 21.5. The molecule has 17 nitrogen and oxygen atoms in total. The van der Waals surface area contributed by atoms with Crippen molar-refractivity contribution < 1.29 is 111 Å². The van der Waals surface area contributed by atoms with Crippen molar-refractivity contribution >= 4 is 40.4 Å². The Bertz CT molecular complexity index is 1500. The van der Waals surface area contributed by atoms with Crippen LogP contribution in [0.3, 0.4) is 0 Å². The van der Waals surface area contributed by atoms with Crippen molar-refractivity contribution in [3.8, 4) is 5.75 Å². The Labute approximate surface area is 297 Å². The number of nitrogens with one attached hydrogen (secondary N) is 2. The van der Waals surface area contributed by atoms with Gasteiger partial charge in [0.2, 0.25) is 23.5 Å². The van der Waals surface area contributed by atoms with Gasteiger partial charge in [-0.25, -0.2) is 14.6 Å². The number of hydrogen-bond acceptors (Lipinski definition) is 13. The molecule has 1 aliphatic rings. The third-order valence-electron chi connectivity index (χ3n) is 6.80. The quantitative estimate of drug-likeness (QED) is 0.0303. The monoisotopic (exact) mass is 656 g/mol. The predicted octanol–water partition coefficient (Wildman–Crippen LogP) is -2.86. The van der Waals surface area contributed by atoms with Crippen LogP contribution in [-0.4, -0.2) is 96.5 Å². The van der Waals surface area contributed by atoms with Gasteiger partial charge >= 0.3 is 63.0 Å². The number of nitrogens with zero attached hydrogens (tertiary/aromatic N) is 3. The van der Waals surface area contributed by atoms with E-state index in [0.717, 1.165) is 6.08 Å². The Morgan fingerprint density at radius 3 is 2.40 bits per heavy atom. The Morgan fingerprint density at radius 2 is 1.71 bits per heavy atom. The molecule has 45 heavy (non-hydrogen) atoms. The second kappa shape index (κ2) is 16.9. The molecule has 0 saturated carbocycles. The van der Waals surface area contributed by atoms with Crippen LogP contribution < -0.4 is 67.1 Å². The summed E-state index contributed by atoms with van der Waals surface area (Å²) in [5, 5.41) is 74.0. The van der Waals surface area contributed by atoms with E-state index in [-0.39, 0.29) is 97.7 Å². The average molecular weight is 657 g/mol. The summed E-state index contributed by atoms with van der Waals surface area (Å²) in [6.07, 6.45) is -4.98. The van der Waals surface area contributed by atoms with E-state index in [9.17, 15) is 40.0 Å². The van der Waals surface area contributed by atoms with E-state index in [0.29, 0.717) is 37.1 Å². The fraction of sp³-hybridized carbons (Fsp3) is 0.407. The van der Waals surface area contributed by atoms with Gasteiger partial charge in [-0.3, -0.25) is 4.79 Å². The maximum Gasteiger partial charge on any atom is 1.00 e. The predicted molar refractivity (Wildman–Crippen MR) is 146 cm³/mol. The number of benzene rings is 2. The van der Waals surface area contributed by atoms with Crippen molar-refractivity contribution in [3.63, 3.8) is 0 Å². The summed E-state index contributed by atoms with van der Waals surface area (Å²) < 4.78 is 15.5. The Hall–Kier alpha value is -3.20. The zero-order valence-corrected chi connectivity index (χ0v) is 27.2. The number of fused-ring (bicyclic) bond motifs is 1. The number of aliphatic carboxylic acids is 1. The van der Waals surface area contributed by atoms with Crippen LogP contribution in [0, 0.1) is 4.91 Å². The maximum absolute atomic E-state index is 12.4. The van der Waals surface area contributed by atoms with E-state index in [1.54, 1.807) is 6.07 Å². The third kappa shape index (κ3) is 9.64. The molecule has 1 fully saturated rings. The number of aromatic nitrogens is 2. The summed E-state index contributed by atoms with van der Waals surface area (Å²) in [5.74, 6) is -2.80. The summed E-state index contributed by atoms with van der Waals surface area (Å²) in [6.45, 7) is 0.248. The van der Waals surface area contributed by atoms with Crippen LogP contribution in [0.15, 0.2) is 46.8 Å². The summed E-state index contributed by atoms with van der Waals surface area (Å²) in [4.78, 5) is 35.0. The van der Waals surface area contributed by atoms with Gasteiger partial charge in [-0.15, -0.1) is 5.75 Å². The summed E-state index contributed by atoms with van der Waals surface area (Å²) >= 11 is 0. The van der Waals surface area contributed by atoms with Crippen molar-refractivity contribution in [3.05, 3.63) is 52.6 Å². The molecule has 0 spiro atoms. The van der Waals surface area contributed by atoms with Gasteiger partial charge in [0.15, 0.2) is 5.52 Å². The number of carboxylic acids is 1. The zero-order chi connectivity index (χ0) is 31.8. The fourth-order valence-corrected chi connectivity index (χ4v) is 4.43. The van der Waals surface area contributed by atoms with Gasteiger partial charge in [-0.1, -0.05) is 30.7 Å². The van der Waals surface area contributed by atoms with Crippen LogP contribution in [0.2, 0.25) is 0 Å². The van der Waals surface area contributed by atoms with Crippen molar-refractivity contribution in [1.82, 2.24) is 15.6 Å². The van der Waals surface area contributed by atoms with Gasteiger partial charge in [0.25, 0.3) is 4.92 Å². The van der Waals surface area contributed by atoms with E-state index in [2.05, 4.69) is 25.6 Å². The van der Waals surface area contributed by atoms with Gasteiger partial charge in [-0.05, 0) is 40.9 Å². The van der Waals surface area contributed by atoms with Crippen molar-refractivity contribution in [2.24, 2.45) is 0 Å². The first-order valence-corrected chi connectivity index (χ1v) is 13.6. The van der Waals surface area contributed by atoms with Crippen LogP contribution in [0.4, 0.5) is 11.4 Å². The molecule has 2 aromatic carbocycles. The second-order valence-corrected chi connectivity index (χ2v) is 9.92. The van der Waals surface area contributed by atoms with Gasteiger partial charge < -0.3 is 45.6 Å². The fourth-order valence-electron chi connectivity index (χ4n) is 4.43. The number of aliphatic hydroxyl groups excluding tert-OH is 3. The molecule has 18 heteroatoms. The van der Waals surface area contributed by atoms with Gasteiger partial charge in [-0.2, -0.15) is 0 Å². The number of amides is 1. The number of carbonyl (C=O) groups is 2. The van der Waals surface area contributed by atoms with E-state index in [4.69, 9.17) is 14.7 Å². The standard InChI is InChI=1S/C27H31N5O12.K/c33-15-7-5-14(6-8-15)12-18(26(38)39)42-27-25(37)24(36)23(35)19(43-27)13-29-20(34)4-2-1-3-11-28-16-9-10-17(32(40)41)22-21(16)30-44-31-22;/h5-10,12,19,23-25,27,35-37H,1-4,11,13H2,(H4-,28,29,31,33,34,38,39,40,41);/q;+1/b18-12-;/t19-,23+,24+,25-,27-;/m1./s1. The minimum atomic E-state index is -1.80. The zero-order valence-electron chi connectivity index (χ0n) is 24.1. The molecule has 0 unspecified atom stereocenters. The van der Waals surface area contributed by atoms with Crippen molar-refractivity contribution in [2.75, 3.05) is 18.4 Å². The molecule has 0 bridgehead atoms. The van der Waals surface area contributed by atoms with Crippen molar-refractivity contribution in [2.45, 2.75) is 56.4 Å². The maximum atomic E-state index is 12.4. The minimum Gasteiger partial charge on any atom is -0.872 e. The molecular weight excluding hydrogens is 625 g/mol. The molecule has 0 radical (unpaired) electrons.